The zero-order valence-electron chi connectivity index (χ0n) is 25.5. The molecule has 238 valence electrons. The van der Waals surface area contributed by atoms with Gasteiger partial charge in [0.25, 0.3) is 11.8 Å². The zero-order chi connectivity index (χ0) is 33.2. The van der Waals surface area contributed by atoms with Crippen LogP contribution in [0.3, 0.4) is 0 Å². The second kappa shape index (κ2) is 16.1. The molecule has 1 aromatic heterocycles. The van der Waals surface area contributed by atoms with Gasteiger partial charge in [0.15, 0.2) is 5.13 Å². The van der Waals surface area contributed by atoms with E-state index >= 15 is 0 Å². The van der Waals surface area contributed by atoms with Crippen LogP contribution in [0.5, 0.6) is 5.75 Å². The number of amides is 3. The van der Waals surface area contributed by atoms with Gasteiger partial charge in [-0.05, 0) is 62.4 Å². The molecule has 3 amide bonds. The summed E-state index contributed by atoms with van der Waals surface area (Å²) in [5.74, 6) is -0.583. The van der Waals surface area contributed by atoms with Gasteiger partial charge in [-0.1, -0.05) is 72.3 Å². The van der Waals surface area contributed by atoms with E-state index in [1.807, 2.05) is 54.8 Å². The molecule has 0 aliphatic heterocycles. The maximum Gasteiger partial charge on any atom is 0.272 e. The summed E-state index contributed by atoms with van der Waals surface area (Å²) in [6.07, 6.45) is 1.59. The quantitative estimate of drug-likeness (QED) is 0.0901. The van der Waals surface area contributed by atoms with Crippen molar-refractivity contribution in [1.82, 2.24) is 10.3 Å². The number of anilines is 2. The van der Waals surface area contributed by atoms with Gasteiger partial charge in [-0.3, -0.25) is 14.4 Å². The molecule has 1 unspecified atom stereocenters. The fourth-order valence-electron chi connectivity index (χ4n) is 4.42. The average molecular weight is 683 g/mol. The van der Waals surface area contributed by atoms with Gasteiger partial charge < -0.3 is 20.7 Å². The Bertz CT molecular complexity index is 1910. The Morgan fingerprint density at radius 1 is 0.936 bits per heavy atom. The number of carbonyl (C=O) groups is 3. The third-order valence-electron chi connectivity index (χ3n) is 6.71. The van der Waals surface area contributed by atoms with E-state index in [9.17, 15) is 14.4 Å². The highest BCUT2D eigenvalue weighted by atomic mass is 35.5. The number of para-hydroxylation sites is 1. The molecule has 0 saturated heterocycles. The van der Waals surface area contributed by atoms with Crippen molar-refractivity contribution in [3.63, 3.8) is 0 Å². The van der Waals surface area contributed by atoms with E-state index in [1.54, 1.807) is 73.7 Å². The van der Waals surface area contributed by atoms with E-state index in [0.29, 0.717) is 45.0 Å². The highest BCUT2D eigenvalue weighted by Crippen LogP contribution is 2.31. The number of thioether (sulfide) groups is 1. The third-order valence-corrected chi connectivity index (χ3v) is 8.89. The van der Waals surface area contributed by atoms with Gasteiger partial charge >= 0.3 is 0 Å². The number of hydrogen-bond donors (Lipinski definition) is 3. The lowest BCUT2D eigenvalue weighted by Gasteiger charge is -2.14. The Morgan fingerprint density at radius 3 is 2.47 bits per heavy atom. The molecule has 0 aliphatic carbocycles. The van der Waals surface area contributed by atoms with Crippen LogP contribution >= 0.6 is 34.7 Å². The molecular weight excluding hydrogens is 652 g/mol. The van der Waals surface area contributed by atoms with Crippen molar-refractivity contribution in [2.24, 2.45) is 0 Å². The van der Waals surface area contributed by atoms with Crippen LogP contribution in [0.4, 0.5) is 10.8 Å². The number of aromatic nitrogens is 1. The summed E-state index contributed by atoms with van der Waals surface area (Å²) in [7, 11) is 0. The van der Waals surface area contributed by atoms with Gasteiger partial charge in [-0.25, -0.2) is 4.98 Å². The van der Waals surface area contributed by atoms with Crippen LogP contribution in [0.25, 0.3) is 17.3 Å². The monoisotopic (exact) mass is 682 g/mol. The van der Waals surface area contributed by atoms with Crippen molar-refractivity contribution < 1.29 is 19.1 Å². The maximum absolute atomic E-state index is 13.6. The number of nitrogens with zero attached hydrogens (tertiary/aromatic N) is 1. The smallest absolute Gasteiger partial charge is 0.272 e. The maximum atomic E-state index is 13.6. The highest BCUT2D eigenvalue weighted by molar-refractivity contribution is 8.00. The molecule has 11 heteroatoms. The molecule has 0 aliphatic rings. The fourth-order valence-corrected chi connectivity index (χ4v) is 6.29. The van der Waals surface area contributed by atoms with Crippen molar-refractivity contribution in [1.29, 1.82) is 0 Å². The van der Waals surface area contributed by atoms with E-state index in [4.69, 9.17) is 16.3 Å². The minimum atomic E-state index is -0.522. The lowest BCUT2D eigenvalue weighted by Crippen LogP contribution is -2.30. The first-order valence-corrected chi connectivity index (χ1v) is 16.8. The second-order valence-electron chi connectivity index (χ2n) is 10.1. The third kappa shape index (κ3) is 9.10. The first-order chi connectivity index (χ1) is 22.8. The number of halogens is 1. The number of ether oxygens (including phenoxy) is 1. The van der Waals surface area contributed by atoms with Crippen LogP contribution in [0, 0.1) is 0 Å². The van der Waals surface area contributed by atoms with Crippen LogP contribution < -0.4 is 20.7 Å². The van der Waals surface area contributed by atoms with Gasteiger partial charge in [-0.15, -0.1) is 23.1 Å². The van der Waals surface area contributed by atoms with Crippen molar-refractivity contribution in [3.05, 3.63) is 130 Å². The lowest BCUT2D eigenvalue weighted by molar-refractivity contribution is -0.115. The Balaban J connectivity index is 1.28. The van der Waals surface area contributed by atoms with Gasteiger partial charge in [0.1, 0.15) is 11.4 Å². The lowest BCUT2D eigenvalue weighted by atomic mass is 10.1. The number of benzene rings is 4. The van der Waals surface area contributed by atoms with Crippen molar-refractivity contribution >= 4 is 69.3 Å². The Kier molecular flexibility index (Phi) is 11.5. The van der Waals surface area contributed by atoms with E-state index in [0.717, 1.165) is 10.5 Å². The van der Waals surface area contributed by atoms with Gasteiger partial charge in [-0.2, -0.15) is 0 Å². The molecule has 0 bridgehead atoms. The van der Waals surface area contributed by atoms with Crippen LogP contribution in [0.1, 0.15) is 29.8 Å². The predicted octanol–water partition coefficient (Wildman–Crippen LogP) is 8.39. The van der Waals surface area contributed by atoms with Gasteiger partial charge in [0.05, 0.1) is 17.6 Å². The molecule has 0 spiro atoms. The SMILES string of the molecule is CCOc1ccccc1/C=C(/NC(=O)c1ccccc1)C(=O)Nc1cccc(SC(C)C(=O)Nc2nc(-c3ccccc3Cl)cs2)c1. The van der Waals surface area contributed by atoms with Crippen LogP contribution in [-0.2, 0) is 9.59 Å². The molecule has 1 atom stereocenters. The normalized spacial score (nSPS) is 11.8. The first-order valence-electron chi connectivity index (χ1n) is 14.7. The molecule has 4 aromatic carbocycles. The average Bonchev–Trinajstić information content (AvgIpc) is 3.54. The number of rotatable bonds is 12. The van der Waals surface area contributed by atoms with E-state index in [2.05, 4.69) is 20.9 Å². The standard InChI is InChI=1S/C36H31ClN4O4S2/c1-3-45-32-19-10-7-14-25(32)20-30(39-34(43)24-12-5-4-6-13-24)35(44)38-26-15-11-16-27(21-26)47-23(2)33(42)41-36-40-31(22-46-36)28-17-8-9-18-29(28)37/h4-23H,3H2,1-2H3,(H,38,44)(H,39,43)(H,40,41,42)/b30-20+. The summed E-state index contributed by atoms with van der Waals surface area (Å²) < 4.78 is 5.73. The molecule has 5 rings (SSSR count). The number of nitrogens with one attached hydrogen (secondary N) is 3. The van der Waals surface area contributed by atoms with Crippen LogP contribution in [-0.4, -0.2) is 34.6 Å². The Morgan fingerprint density at radius 2 is 1.68 bits per heavy atom. The number of carbonyl (C=O) groups excluding carboxylic acids is 3. The van der Waals surface area contributed by atoms with Gasteiger partial charge in [0.2, 0.25) is 5.91 Å². The summed E-state index contributed by atoms with van der Waals surface area (Å²) in [5.41, 5.74) is 3.06. The fraction of sp³-hybridized carbons (Fsp3) is 0.111. The molecular formula is C36H31ClN4O4S2. The van der Waals surface area contributed by atoms with Gasteiger partial charge in [0, 0.05) is 37.7 Å². The first kappa shape index (κ1) is 33.5. The van der Waals surface area contributed by atoms with Crippen molar-refractivity contribution in [2.45, 2.75) is 24.0 Å². The largest absolute Gasteiger partial charge is 0.493 e. The number of thiazole rings is 1. The zero-order valence-corrected chi connectivity index (χ0v) is 27.9. The van der Waals surface area contributed by atoms with E-state index in [1.165, 1.54) is 23.1 Å². The Labute approximate surface area is 286 Å². The van der Waals surface area contributed by atoms with E-state index in [-0.39, 0.29) is 11.6 Å². The molecule has 0 saturated carbocycles. The molecule has 0 fully saturated rings. The van der Waals surface area contributed by atoms with Crippen LogP contribution in [0.15, 0.2) is 119 Å². The minimum absolute atomic E-state index is 0.0383. The second-order valence-corrected chi connectivity index (χ2v) is 12.8. The summed E-state index contributed by atoms with van der Waals surface area (Å²) in [5, 5.41) is 11.0. The van der Waals surface area contributed by atoms with E-state index < -0.39 is 17.1 Å². The van der Waals surface area contributed by atoms with Crippen molar-refractivity contribution in [3.8, 4) is 17.0 Å². The highest BCUT2D eigenvalue weighted by Gasteiger charge is 2.19. The summed E-state index contributed by atoms with van der Waals surface area (Å²) in [4.78, 5) is 45.0. The predicted molar refractivity (Wildman–Crippen MR) is 191 cm³/mol. The Hall–Kier alpha value is -4.90. The molecule has 5 aromatic rings. The molecule has 3 N–H and O–H groups in total. The minimum Gasteiger partial charge on any atom is -0.493 e. The summed E-state index contributed by atoms with van der Waals surface area (Å²) >= 11 is 8.96. The molecule has 47 heavy (non-hydrogen) atoms. The molecule has 1 heterocycles. The number of hydrogen-bond acceptors (Lipinski definition) is 7. The van der Waals surface area contributed by atoms with Crippen LogP contribution in [0.2, 0.25) is 5.02 Å². The molecule has 8 nitrogen and oxygen atoms in total. The van der Waals surface area contributed by atoms with Crippen molar-refractivity contribution in [2.75, 3.05) is 17.2 Å². The summed E-state index contributed by atoms with van der Waals surface area (Å²) in [6, 6.07) is 30.5. The molecule has 0 radical (unpaired) electrons. The summed E-state index contributed by atoms with van der Waals surface area (Å²) in [6.45, 7) is 4.11. The topological polar surface area (TPSA) is 109 Å².